The van der Waals surface area contributed by atoms with E-state index in [1.807, 2.05) is 5.32 Å². The summed E-state index contributed by atoms with van der Waals surface area (Å²) in [6, 6.07) is 1.69. The third kappa shape index (κ3) is 3.63. The molecule has 1 rings (SSSR count). The Hall–Kier alpha value is -1.23. The molecule has 0 bridgehead atoms. The standard InChI is InChI=1S/C9H7F5NOP/c10-8(11,12)5-1-6(9(13,14)17)3-7(2-5)15-4-16/h1-4H,17H2,(H,15,16). The molecule has 0 aliphatic rings. The zero-order chi connectivity index (χ0) is 13.3. The SMILES string of the molecule is O=CNc1cc(C(F)(F)F)cc(C(F)(F)P)c1. The van der Waals surface area contributed by atoms with Crippen LogP contribution in [-0.4, -0.2) is 6.41 Å². The number of carbonyl (C=O) groups is 1. The summed E-state index contributed by atoms with van der Waals surface area (Å²) in [6.07, 6.45) is -4.65. The zero-order valence-electron chi connectivity index (χ0n) is 8.18. The summed E-state index contributed by atoms with van der Waals surface area (Å²) in [4.78, 5) is 10.1. The van der Waals surface area contributed by atoms with E-state index in [0.29, 0.717) is 12.1 Å². The molecular formula is C9H7F5NOP. The van der Waals surface area contributed by atoms with Gasteiger partial charge in [0, 0.05) is 11.3 Å². The van der Waals surface area contributed by atoms with Gasteiger partial charge in [0.25, 0.3) is 5.66 Å². The van der Waals surface area contributed by atoms with Crippen LogP contribution in [0.4, 0.5) is 27.6 Å². The van der Waals surface area contributed by atoms with Crippen molar-refractivity contribution in [3.63, 3.8) is 0 Å². The molecule has 1 amide bonds. The number of carbonyl (C=O) groups excluding carboxylic acids is 1. The summed E-state index contributed by atoms with van der Waals surface area (Å²) in [7, 11) is 1.14. The molecule has 1 aromatic carbocycles. The maximum atomic E-state index is 12.9. The topological polar surface area (TPSA) is 29.1 Å². The van der Waals surface area contributed by atoms with Gasteiger partial charge in [0.05, 0.1) is 5.56 Å². The van der Waals surface area contributed by atoms with Crippen molar-refractivity contribution >= 4 is 21.3 Å². The maximum Gasteiger partial charge on any atom is 0.416 e. The third-order valence-electron chi connectivity index (χ3n) is 1.87. The highest BCUT2D eigenvalue weighted by Gasteiger charge is 2.34. The Morgan fingerprint density at radius 1 is 1.06 bits per heavy atom. The first kappa shape index (κ1) is 13.8. The van der Waals surface area contributed by atoms with E-state index in [1.165, 1.54) is 0 Å². The van der Waals surface area contributed by atoms with Crippen molar-refractivity contribution in [2.45, 2.75) is 11.8 Å². The molecule has 1 N–H and O–H groups in total. The molecular weight excluding hydrogens is 264 g/mol. The van der Waals surface area contributed by atoms with E-state index in [9.17, 15) is 26.7 Å². The molecule has 0 saturated heterocycles. The van der Waals surface area contributed by atoms with Crippen molar-refractivity contribution in [3.05, 3.63) is 29.3 Å². The third-order valence-corrected chi connectivity index (χ3v) is 2.20. The highest BCUT2D eigenvalue weighted by atomic mass is 31.0. The molecule has 0 heterocycles. The van der Waals surface area contributed by atoms with Crippen LogP contribution in [0.1, 0.15) is 11.1 Å². The molecule has 0 aliphatic carbocycles. The van der Waals surface area contributed by atoms with Crippen molar-refractivity contribution in [2.24, 2.45) is 0 Å². The molecule has 0 spiro atoms. The normalized spacial score (nSPS) is 12.4. The van der Waals surface area contributed by atoms with Crippen molar-refractivity contribution in [1.29, 1.82) is 0 Å². The van der Waals surface area contributed by atoms with Gasteiger partial charge in [0.1, 0.15) is 0 Å². The first-order valence-electron chi connectivity index (χ1n) is 4.24. The number of benzene rings is 1. The molecule has 0 fully saturated rings. The lowest BCUT2D eigenvalue weighted by Crippen LogP contribution is -2.11. The summed E-state index contributed by atoms with van der Waals surface area (Å²) in [5.41, 5.74) is -5.93. The van der Waals surface area contributed by atoms with Crippen LogP contribution in [-0.2, 0) is 16.6 Å². The fourth-order valence-electron chi connectivity index (χ4n) is 1.14. The molecule has 94 valence electrons. The van der Waals surface area contributed by atoms with E-state index in [-0.39, 0.29) is 12.1 Å². The van der Waals surface area contributed by atoms with Crippen LogP contribution >= 0.6 is 9.24 Å². The summed E-state index contributed by atoms with van der Waals surface area (Å²) in [6.45, 7) is 0. The minimum atomic E-state index is -4.76. The Morgan fingerprint density at radius 3 is 2.00 bits per heavy atom. The number of nitrogens with one attached hydrogen (secondary N) is 1. The Bertz CT molecular complexity index is 394. The lowest BCUT2D eigenvalue weighted by Gasteiger charge is -2.15. The smallest absolute Gasteiger partial charge is 0.329 e. The van der Waals surface area contributed by atoms with Gasteiger partial charge in [-0.15, -0.1) is 0 Å². The number of hydrogen-bond donors (Lipinski definition) is 1. The fourth-order valence-corrected chi connectivity index (χ4v) is 1.30. The van der Waals surface area contributed by atoms with Crippen LogP contribution in [0.2, 0.25) is 0 Å². The number of halogens is 5. The van der Waals surface area contributed by atoms with Crippen LogP contribution in [0.5, 0.6) is 0 Å². The largest absolute Gasteiger partial charge is 0.416 e. The monoisotopic (exact) mass is 271 g/mol. The Labute approximate surface area is 95.4 Å². The van der Waals surface area contributed by atoms with Gasteiger partial charge < -0.3 is 5.32 Å². The first-order chi connectivity index (χ1) is 7.64. The average molecular weight is 271 g/mol. The van der Waals surface area contributed by atoms with Gasteiger partial charge in [0.2, 0.25) is 6.41 Å². The Kier molecular flexibility index (Phi) is 3.71. The quantitative estimate of drug-likeness (QED) is 0.510. The highest BCUT2D eigenvalue weighted by molar-refractivity contribution is 7.17. The van der Waals surface area contributed by atoms with Crippen molar-refractivity contribution in [2.75, 3.05) is 5.32 Å². The molecule has 1 atom stereocenters. The van der Waals surface area contributed by atoms with Crippen molar-refractivity contribution < 1.29 is 26.7 Å². The van der Waals surface area contributed by atoms with E-state index in [2.05, 4.69) is 0 Å². The Morgan fingerprint density at radius 2 is 1.59 bits per heavy atom. The molecule has 0 radical (unpaired) electrons. The van der Waals surface area contributed by atoms with Gasteiger partial charge in [-0.05, 0) is 18.2 Å². The molecule has 0 aromatic heterocycles. The molecule has 0 aliphatic heterocycles. The van der Waals surface area contributed by atoms with E-state index in [1.54, 1.807) is 0 Å². The average Bonchev–Trinajstić information content (AvgIpc) is 2.15. The minimum absolute atomic E-state index is 0.111. The lowest BCUT2D eigenvalue weighted by molar-refractivity contribution is -0.137. The van der Waals surface area contributed by atoms with Crippen LogP contribution < -0.4 is 5.32 Å². The molecule has 17 heavy (non-hydrogen) atoms. The van der Waals surface area contributed by atoms with Crippen LogP contribution in [0.3, 0.4) is 0 Å². The van der Waals surface area contributed by atoms with Gasteiger partial charge in [-0.25, -0.2) is 0 Å². The van der Waals surface area contributed by atoms with Crippen LogP contribution in [0, 0.1) is 0 Å². The second-order valence-electron chi connectivity index (χ2n) is 3.18. The van der Waals surface area contributed by atoms with E-state index >= 15 is 0 Å². The predicted molar refractivity (Wildman–Crippen MR) is 54.7 cm³/mol. The van der Waals surface area contributed by atoms with Crippen molar-refractivity contribution in [1.82, 2.24) is 0 Å². The molecule has 2 nitrogen and oxygen atoms in total. The zero-order valence-corrected chi connectivity index (χ0v) is 9.34. The van der Waals surface area contributed by atoms with Gasteiger partial charge in [-0.1, -0.05) is 9.24 Å². The minimum Gasteiger partial charge on any atom is -0.329 e. The maximum absolute atomic E-state index is 12.9. The van der Waals surface area contributed by atoms with Gasteiger partial charge in [-0.3, -0.25) is 4.79 Å². The van der Waals surface area contributed by atoms with E-state index in [4.69, 9.17) is 0 Å². The predicted octanol–water partition coefficient (Wildman–Crippen LogP) is 3.20. The van der Waals surface area contributed by atoms with E-state index in [0.717, 1.165) is 15.3 Å². The van der Waals surface area contributed by atoms with Gasteiger partial charge in [0.15, 0.2) is 0 Å². The molecule has 1 aromatic rings. The Balaban J connectivity index is 3.34. The number of amides is 1. The van der Waals surface area contributed by atoms with Crippen molar-refractivity contribution in [3.8, 4) is 0 Å². The number of alkyl halides is 5. The second-order valence-corrected chi connectivity index (χ2v) is 3.91. The number of anilines is 1. The molecule has 0 saturated carbocycles. The van der Waals surface area contributed by atoms with Crippen LogP contribution in [0.25, 0.3) is 0 Å². The summed E-state index contributed by atoms with van der Waals surface area (Å²) < 4.78 is 63.1. The van der Waals surface area contributed by atoms with Gasteiger partial charge >= 0.3 is 6.18 Å². The lowest BCUT2D eigenvalue weighted by atomic mass is 10.1. The summed E-state index contributed by atoms with van der Waals surface area (Å²) in [5, 5.41) is 1.91. The summed E-state index contributed by atoms with van der Waals surface area (Å²) >= 11 is 0. The molecule has 1 unspecified atom stereocenters. The summed E-state index contributed by atoms with van der Waals surface area (Å²) in [5.74, 6) is 0. The van der Waals surface area contributed by atoms with Gasteiger partial charge in [-0.2, -0.15) is 22.0 Å². The number of rotatable bonds is 3. The first-order valence-corrected chi connectivity index (χ1v) is 4.82. The number of hydrogen-bond acceptors (Lipinski definition) is 1. The fraction of sp³-hybridized carbons (Fsp3) is 0.222. The second kappa shape index (κ2) is 4.56. The van der Waals surface area contributed by atoms with E-state index < -0.39 is 23.0 Å². The van der Waals surface area contributed by atoms with Crippen LogP contribution in [0.15, 0.2) is 18.2 Å². The molecule has 8 heteroatoms. The highest BCUT2D eigenvalue weighted by Crippen LogP contribution is 2.39.